The Hall–Kier alpha value is -2.30. The summed E-state index contributed by atoms with van der Waals surface area (Å²) >= 11 is 0. The number of amides is 2. The number of nitrogens with zero attached hydrogens (tertiary/aromatic N) is 2. The van der Waals surface area contributed by atoms with Crippen molar-refractivity contribution in [1.82, 2.24) is 15.2 Å². The molecule has 2 amide bonds. The van der Waals surface area contributed by atoms with E-state index >= 15 is 0 Å². The SMILES string of the molecule is CC1CCC(N(C)C(=O)NCc2ncc(-c3ccccc3)o2)CC1. The summed E-state index contributed by atoms with van der Waals surface area (Å²) in [5.74, 6) is 2.02. The predicted molar refractivity (Wildman–Crippen MR) is 93.4 cm³/mol. The summed E-state index contributed by atoms with van der Waals surface area (Å²) in [7, 11) is 1.88. The number of hydrogen-bond acceptors (Lipinski definition) is 3. The molecule has 1 fully saturated rings. The first-order valence-electron chi connectivity index (χ1n) is 8.64. The molecule has 24 heavy (non-hydrogen) atoms. The van der Waals surface area contributed by atoms with Gasteiger partial charge in [0.1, 0.15) is 0 Å². The van der Waals surface area contributed by atoms with E-state index in [0.29, 0.717) is 18.5 Å². The number of hydrogen-bond donors (Lipinski definition) is 1. The molecule has 1 aromatic heterocycles. The third-order valence-electron chi connectivity index (χ3n) is 4.86. The van der Waals surface area contributed by atoms with Crippen molar-refractivity contribution >= 4 is 6.03 Å². The van der Waals surface area contributed by atoms with Crippen LogP contribution in [0.25, 0.3) is 11.3 Å². The molecule has 5 heteroatoms. The van der Waals surface area contributed by atoms with Crippen LogP contribution in [0.2, 0.25) is 0 Å². The second-order valence-corrected chi connectivity index (χ2v) is 6.67. The van der Waals surface area contributed by atoms with Gasteiger partial charge in [0.15, 0.2) is 5.76 Å². The maximum absolute atomic E-state index is 12.3. The van der Waals surface area contributed by atoms with Gasteiger partial charge in [-0.15, -0.1) is 0 Å². The van der Waals surface area contributed by atoms with Gasteiger partial charge in [0.05, 0.1) is 12.7 Å². The van der Waals surface area contributed by atoms with E-state index in [1.807, 2.05) is 42.3 Å². The van der Waals surface area contributed by atoms with Crippen LogP contribution < -0.4 is 5.32 Å². The first-order valence-corrected chi connectivity index (χ1v) is 8.64. The lowest BCUT2D eigenvalue weighted by Gasteiger charge is -2.33. The van der Waals surface area contributed by atoms with Gasteiger partial charge in [-0.3, -0.25) is 0 Å². The number of oxazole rings is 1. The average Bonchev–Trinajstić information content (AvgIpc) is 3.09. The van der Waals surface area contributed by atoms with Crippen molar-refractivity contribution in [3.05, 3.63) is 42.4 Å². The monoisotopic (exact) mass is 327 g/mol. The van der Waals surface area contributed by atoms with Crippen LogP contribution in [-0.4, -0.2) is 29.0 Å². The van der Waals surface area contributed by atoms with Crippen molar-refractivity contribution in [2.75, 3.05) is 7.05 Å². The lowest BCUT2D eigenvalue weighted by Crippen LogP contribution is -2.44. The third kappa shape index (κ3) is 3.96. The first kappa shape index (κ1) is 16.6. The number of nitrogens with one attached hydrogen (secondary N) is 1. The summed E-state index contributed by atoms with van der Waals surface area (Å²) in [5.41, 5.74) is 0.982. The summed E-state index contributed by atoms with van der Waals surface area (Å²) in [6.07, 6.45) is 6.26. The van der Waals surface area contributed by atoms with Gasteiger partial charge in [0.25, 0.3) is 0 Å². The highest BCUT2D eigenvalue weighted by Crippen LogP contribution is 2.26. The molecule has 5 nitrogen and oxygen atoms in total. The van der Waals surface area contributed by atoms with Crippen LogP contribution in [0.3, 0.4) is 0 Å². The summed E-state index contributed by atoms with van der Waals surface area (Å²) in [6.45, 7) is 2.59. The normalized spacial score (nSPS) is 20.6. The van der Waals surface area contributed by atoms with Gasteiger partial charge < -0.3 is 14.6 Å². The molecular weight excluding hydrogens is 302 g/mol. The minimum atomic E-state index is -0.0611. The molecule has 1 saturated carbocycles. The van der Waals surface area contributed by atoms with Crippen LogP contribution >= 0.6 is 0 Å². The molecule has 1 heterocycles. The van der Waals surface area contributed by atoms with Crippen molar-refractivity contribution in [3.8, 4) is 11.3 Å². The quantitative estimate of drug-likeness (QED) is 0.921. The van der Waals surface area contributed by atoms with Gasteiger partial charge in [-0.25, -0.2) is 9.78 Å². The Morgan fingerprint density at radius 3 is 2.67 bits per heavy atom. The van der Waals surface area contributed by atoms with Gasteiger partial charge in [-0.2, -0.15) is 0 Å². The molecule has 1 aromatic carbocycles. The molecule has 0 bridgehead atoms. The largest absolute Gasteiger partial charge is 0.439 e. The zero-order valence-electron chi connectivity index (χ0n) is 14.4. The Morgan fingerprint density at radius 2 is 1.96 bits per heavy atom. The van der Waals surface area contributed by atoms with Crippen LogP contribution in [0.1, 0.15) is 38.5 Å². The van der Waals surface area contributed by atoms with Gasteiger partial charge in [0.2, 0.25) is 5.89 Å². The van der Waals surface area contributed by atoms with E-state index in [9.17, 15) is 4.79 Å². The topological polar surface area (TPSA) is 58.4 Å². The van der Waals surface area contributed by atoms with Crippen LogP contribution in [0.4, 0.5) is 4.79 Å². The lowest BCUT2D eigenvalue weighted by atomic mass is 9.87. The second-order valence-electron chi connectivity index (χ2n) is 6.67. The van der Waals surface area contributed by atoms with Crippen LogP contribution in [-0.2, 0) is 6.54 Å². The highest BCUT2D eigenvalue weighted by Gasteiger charge is 2.24. The van der Waals surface area contributed by atoms with Gasteiger partial charge in [0, 0.05) is 18.7 Å². The molecule has 0 atom stereocenters. The highest BCUT2D eigenvalue weighted by molar-refractivity contribution is 5.74. The van der Waals surface area contributed by atoms with E-state index < -0.39 is 0 Å². The Morgan fingerprint density at radius 1 is 1.25 bits per heavy atom. The predicted octanol–water partition coefficient (Wildman–Crippen LogP) is 4.06. The van der Waals surface area contributed by atoms with Gasteiger partial charge in [-0.05, 0) is 31.6 Å². The van der Waals surface area contributed by atoms with Crippen molar-refractivity contribution < 1.29 is 9.21 Å². The summed E-state index contributed by atoms with van der Waals surface area (Å²) in [6, 6.07) is 10.1. The fourth-order valence-electron chi connectivity index (χ4n) is 3.20. The van der Waals surface area contributed by atoms with E-state index in [1.54, 1.807) is 6.20 Å². The van der Waals surface area contributed by atoms with Crippen molar-refractivity contribution in [3.63, 3.8) is 0 Å². The summed E-state index contributed by atoms with van der Waals surface area (Å²) < 4.78 is 5.72. The maximum Gasteiger partial charge on any atom is 0.317 e. The summed E-state index contributed by atoms with van der Waals surface area (Å²) in [4.78, 5) is 18.4. The minimum Gasteiger partial charge on any atom is -0.439 e. The molecule has 128 valence electrons. The smallest absolute Gasteiger partial charge is 0.317 e. The van der Waals surface area contributed by atoms with E-state index in [4.69, 9.17) is 4.42 Å². The molecule has 0 aliphatic heterocycles. The molecule has 1 aliphatic rings. The molecule has 1 N–H and O–H groups in total. The van der Waals surface area contributed by atoms with E-state index in [2.05, 4.69) is 17.2 Å². The Kier molecular flexibility index (Phi) is 5.18. The third-order valence-corrected chi connectivity index (χ3v) is 4.86. The molecular formula is C19H25N3O2. The minimum absolute atomic E-state index is 0.0611. The molecule has 0 spiro atoms. The number of urea groups is 1. The number of carbonyl (C=O) groups excluding carboxylic acids is 1. The average molecular weight is 327 g/mol. The number of rotatable bonds is 4. The maximum atomic E-state index is 12.3. The highest BCUT2D eigenvalue weighted by atomic mass is 16.4. The Balaban J connectivity index is 1.52. The van der Waals surface area contributed by atoms with E-state index in [-0.39, 0.29) is 6.03 Å². The molecule has 1 aliphatic carbocycles. The van der Waals surface area contributed by atoms with E-state index in [0.717, 1.165) is 30.1 Å². The molecule has 0 radical (unpaired) electrons. The molecule has 0 unspecified atom stereocenters. The van der Waals surface area contributed by atoms with Crippen LogP contribution in [0.15, 0.2) is 40.9 Å². The van der Waals surface area contributed by atoms with Gasteiger partial charge >= 0.3 is 6.03 Å². The zero-order valence-corrected chi connectivity index (χ0v) is 14.4. The van der Waals surface area contributed by atoms with Crippen molar-refractivity contribution in [2.24, 2.45) is 5.92 Å². The lowest BCUT2D eigenvalue weighted by molar-refractivity contribution is 0.162. The van der Waals surface area contributed by atoms with Gasteiger partial charge in [-0.1, -0.05) is 37.3 Å². The van der Waals surface area contributed by atoms with Crippen LogP contribution in [0.5, 0.6) is 0 Å². The van der Waals surface area contributed by atoms with Crippen molar-refractivity contribution in [1.29, 1.82) is 0 Å². The van der Waals surface area contributed by atoms with Crippen molar-refractivity contribution in [2.45, 2.75) is 45.2 Å². The zero-order chi connectivity index (χ0) is 16.9. The fraction of sp³-hybridized carbons (Fsp3) is 0.474. The van der Waals surface area contributed by atoms with Crippen LogP contribution in [0, 0.1) is 5.92 Å². The number of aromatic nitrogens is 1. The Bertz CT molecular complexity index is 660. The Labute approximate surface area is 143 Å². The molecule has 0 saturated heterocycles. The molecule has 2 aromatic rings. The second kappa shape index (κ2) is 7.51. The standard InChI is InChI=1S/C19H25N3O2/c1-14-8-10-16(11-9-14)22(2)19(23)21-13-18-20-12-17(24-18)15-6-4-3-5-7-15/h3-7,12,14,16H,8-11,13H2,1-2H3,(H,21,23). The number of benzene rings is 1. The summed E-state index contributed by atoms with van der Waals surface area (Å²) in [5, 5.41) is 2.90. The molecule has 3 rings (SSSR count). The first-order chi connectivity index (χ1) is 11.6. The van der Waals surface area contributed by atoms with E-state index in [1.165, 1.54) is 12.8 Å². The number of carbonyl (C=O) groups is 1. The fourth-order valence-corrected chi connectivity index (χ4v) is 3.20.